The smallest absolute Gasteiger partial charge is 0.0449 e. The molecule has 0 aromatic heterocycles. The number of allylic oxidation sites excluding steroid dienone is 2. The lowest BCUT2D eigenvalue weighted by Gasteiger charge is -2.24. The van der Waals surface area contributed by atoms with Gasteiger partial charge in [-0.15, -0.1) is 0 Å². The lowest BCUT2D eigenvalue weighted by atomic mass is 10.0. The van der Waals surface area contributed by atoms with Gasteiger partial charge in [0.15, 0.2) is 0 Å². The molecular formula is C11H21NO. The highest BCUT2D eigenvalue weighted by Gasteiger charge is 2.12. The van der Waals surface area contributed by atoms with Crippen LogP contribution in [0.3, 0.4) is 0 Å². The molecule has 0 rings (SSSR count). The zero-order valence-electron chi connectivity index (χ0n) is 9.12. The average Bonchev–Trinajstić information content (AvgIpc) is 2.10. The van der Waals surface area contributed by atoms with E-state index in [4.69, 9.17) is 5.11 Å². The highest BCUT2D eigenvalue weighted by molar-refractivity contribution is 5.23. The molecule has 0 bridgehead atoms. The third-order valence-electron chi connectivity index (χ3n) is 2.10. The van der Waals surface area contributed by atoms with Gasteiger partial charge in [0.2, 0.25) is 0 Å². The average molecular weight is 183 g/mol. The van der Waals surface area contributed by atoms with E-state index in [-0.39, 0.29) is 6.61 Å². The largest absolute Gasteiger partial charge is 0.396 e. The van der Waals surface area contributed by atoms with E-state index in [0.29, 0.717) is 6.04 Å². The molecule has 0 saturated carbocycles. The van der Waals surface area contributed by atoms with E-state index < -0.39 is 0 Å². The monoisotopic (exact) mass is 183 g/mol. The number of aliphatic hydroxyl groups is 1. The Kier molecular flexibility index (Phi) is 6.55. The van der Waals surface area contributed by atoms with Gasteiger partial charge in [0, 0.05) is 12.6 Å². The van der Waals surface area contributed by atoms with Gasteiger partial charge in [0.1, 0.15) is 0 Å². The van der Waals surface area contributed by atoms with Crippen LogP contribution in [-0.4, -0.2) is 36.8 Å². The Morgan fingerprint density at radius 1 is 1.38 bits per heavy atom. The standard InChI is InChI=1S/C11H21NO/c1-5-7-10(6-2)11(8-9-13)12(3)4/h5-7,11,13H,8-9H2,1-4H3. The maximum Gasteiger partial charge on any atom is 0.0449 e. The minimum atomic E-state index is 0.234. The predicted octanol–water partition coefficient (Wildman–Crippen LogP) is 1.82. The Morgan fingerprint density at radius 3 is 2.31 bits per heavy atom. The number of hydrogen-bond acceptors (Lipinski definition) is 2. The zero-order valence-corrected chi connectivity index (χ0v) is 9.12. The maximum absolute atomic E-state index is 8.92. The summed E-state index contributed by atoms with van der Waals surface area (Å²) in [5.74, 6) is 0. The van der Waals surface area contributed by atoms with Crippen LogP contribution in [0.1, 0.15) is 20.3 Å². The van der Waals surface area contributed by atoms with Crippen molar-refractivity contribution in [1.82, 2.24) is 4.90 Å². The summed E-state index contributed by atoms with van der Waals surface area (Å²) < 4.78 is 0. The molecule has 1 unspecified atom stereocenters. The van der Waals surface area contributed by atoms with E-state index in [1.807, 2.05) is 34.0 Å². The van der Waals surface area contributed by atoms with Crippen molar-refractivity contribution in [2.45, 2.75) is 26.3 Å². The van der Waals surface area contributed by atoms with E-state index in [9.17, 15) is 0 Å². The summed E-state index contributed by atoms with van der Waals surface area (Å²) in [4.78, 5) is 2.13. The van der Waals surface area contributed by atoms with Crippen molar-refractivity contribution >= 4 is 0 Å². The molecule has 0 heterocycles. The Morgan fingerprint density at radius 2 is 2.00 bits per heavy atom. The summed E-state index contributed by atoms with van der Waals surface area (Å²) >= 11 is 0. The second kappa shape index (κ2) is 6.87. The van der Waals surface area contributed by atoms with Crippen LogP contribution >= 0.6 is 0 Å². The van der Waals surface area contributed by atoms with Crippen molar-refractivity contribution in [3.63, 3.8) is 0 Å². The van der Waals surface area contributed by atoms with Crippen LogP contribution in [-0.2, 0) is 0 Å². The molecule has 0 aliphatic rings. The number of hydrogen-bond donors (Lipinski definition) is 1. The number of nitrogens with zero attached hydrogens (tertiary/aromatic N) is 1. The molecule has 0 spiro atoms. The van der Waals surface area contributed by atoms with E-state index in [0.717, 1.165) is 6.42 Å². The molecule has 0 aromatic carbocycles. The van der Waals surface area contributed by atoms with E-state index in [1.165, 1.54) is 5.57 Å². The van der Waals surface area contributed by atoms with Crippen LogP contribution < -0.4 is 0 Å². The predicted molar refractivity (Wildman–Crippen MR) is 57.7 cm³/mol. The normalized spacial score (nSPS) is 15.7. The lowest BCUT2D eigenvalue weighted by molar-refractivity contribution is 0.230. The molecule has 1 N–H and O–H groups in total. The molecule has 0 fully saturated rings. The summed E-state index contributed by atoms with van der Waals surface area (Å²) in [7, 11) is 4.07. The third kappa shape index (κ3) is 4.25. The number of likely N-dealkylation sites (N-methyl/N-ethyl adjacent to an activating group) is 1. The van der Waals surface area contributed by atoms with Crippen LogP contribution in [0.4, 0.5) is 0 Å². The molecule has 2 heteroatoms. The van der Waals surface area contributed by atoms with Gasteiger partial charge in [-0.2, -0.15) is 0 Å². The highest BCUT2D eigenvalue weighted by atomic mass is 16.3. The van der Waals surface area contributed by atoms with Crippen LogP contribution in [0.5, 0.6) is 0 Å². The van der Waals surface area contributed by atoms with Crippen LogP contribution in [0, 0.1) is 0 Å². The maximum atomic E-state index is 8.92. The fourth-order valence-corrected chi connectivity index (χ4v) is 1.44. The van der Waals surface area contributed by atoms with Crippen LogP contribution in [0.25, 0.3) is 0 Å². The SMILES string of the molecule is CC=CC(=CC)C(CCO)N(C)C. The van der Waals surface area contributed by atoms with Crippen LogP contribution in [0.15, 0.2) is 23.8 Å². The summed E-state index contributed by atoms with van der Waals surface area (Å²) in [6, 6.07) is 0.325. The quantitative estimate of drug-likeness (QED) is 0.657. The van der Waals surface area contributed by atoms with Gasteiger partial charge in [0.05, 0.1) is 0 Å². The summed E-state index contributed by atoms with van der Waals surface area (Å²) in [5, 5.41) is 8.92. The minimum absolute atomic E-state index is 0.234. The topological polar surface area (TPSA) is 23.5 Å². The molecule has 0 aromatic rings. The molecule has 0 amide bonds. The fraction of sp³-hybridized carbons (Fsp3) is 0.636. The van der Waals surface area contributed by atoms with Gasteiger partial charge in [-0.3, -0.25) is 0 Å². The molecule has 0 aliphatic carbocycles. The van der Waals surface area contributed by atoms with E-state index >= 15 is 0 Å². The second-order valence-corrected chi connectivity index (χ2v) is 3.28. The molecule has 76 valence electrons. The Labute approximate surface area is 81.6 Å². The van der Waals surface area contributed by atoms with E-state index in [2.05, 4.69) is 17.1 Å². The zero-order chi connectivity index (χ0) is 10.3. The molecule has 0 aliphatic heterocycles. The van der Waals surface area contributed by atoms with Gasteiger partial charge in [-0.25, -0.2) is 0 Å². The lowest BCUT2D eigenvalue weighted by Crippen LogP contribution is -2.30. The first-order valence-electron chi connectivity index (χ1n) is 4.73. The Hall–Kier alpha value is -0.600. The van der Waals surface area contributed by atoms with Crippen molar-refractivity contribution in [3.8, 4) is 0 Å². The van der Waals surface area contributed by atoms with Gasteiger partial charge in [-0.05, 0) is 39.9 Å². The second-order valence-electron chi connectivity index (χ2n) is 3.28. The minimum Gasteiger partial charge on any atom is -0.396 e. The van der Waals surface area contributed by atoms with Crippen molar-refractivity contribution in [1.29, 1.82) is 0 Å². The van der Waals surface area contributed by atoms with Crippen molar-refractivity contribution < 1.29 is 5.11 Å². The Bertz CT molecular complexity index is 183. The van der Waals surface area contributed by atoms with Gasteiger partial charge >= 0.3 is 0 Å². The molecule has 2 nitrogen and oxygen atoms in total. The van der Waals surface area contributed by atoms with Crippen LogP contribution in [0.2, 0.25) is 0 Å². The van der Waals surface area contributed by atoms with Gasteiger partial charge in [-0.1, -0.05) is 18.2 Å². The van der Waals surface area contributed by atoms with Crippen molar-refractivity contribution in [2.75, 3.05) is 20.7 Å². The first-order chi connectivity index (χ1) is 6.17. The van der Waals surface area contributed by atoms with Crippen molar-refractivity contribution in [2.24, 2.45) is 0 Å². The first kappa shape index (κ1) is 12.4. The molecule has 0 saturated heterocycles. The van der Waals surface area contributed by atoms with Crippen molar-refractivity contribution in [3.05, 3.63) is 23.8 Å². The first-order valence-corrected chi connectivity index (χ1v) is 4.73. The van der Waals surface area contributed by atoms with Gasteiger partial charge < -0.3 is 10.0 Å². The van der Waals surface area contributed by atoms with Gasteiger partial charge in [0.25, 0.3) is 0 Å². The summed E-state index contributed by atoms with van der Waals surface area (Å²) in [5.41, 5.74) is 1.27. The Balaban J connectivity index is 4.49. The van der Waals surface area contributed by atoms with E-state index in [1.54, 1.807) is 0 Å². The third-order valence-corrected chi connectivity index (χ3v) is 2.10. The number of rotatable bonds is 5. The summed E-state index contributed by atoms with van der Waals surface area (Å²) in [6.45, 7) is 4.27. The number of aliphatic hydroxyl groups excluding tert-OH is 1. The fourth-order valence-electron chi connectivity index (χ4n) is 1.44. The molecular weight excluding hydrogens is 162 g/mol. The summed E-state index contributed by atoms with van der Waals surface area (Å²) in [6.07, 6.45) is 7.01. The molecule has 0 radical (unpaired) electrons. The molecule has 13 heavy (non-hydrogen) atoms. The highest BCUT2D eigenvalue weighted by Crippen LogP contribution is 2.12. The molecule has 1 atom stereocenters.